The van der Waals surface area contributed by atoms with Gasteiger partial charge in [-0.2, -0.15) is 0 Å². The van der Waals surface area contributed by atoms with E-state index in [0.29, 0.717) is 5.75 Å². The van der Waals surface area contributed by atoms with E-state index in [1.165, 1.54) is 0 Å². The first kappa shape index (κ1) is 16.5. The van der Waals surface area contributed by atoms with Gasteiger partial charge in [-0.25, -0.2) is 0 Å². The third-order valence-corrected chi connectivity index (χ3v) is 2.83. The van der Waals surface area contributed by atoms with E-state index in [2.05, 4.69) is 5.32 Å². The zero-order chi connectivity index (χ0) is 15.5. The molecule has 1 amide bonds. The van der Waals surface area contributed by atoms with Crippen LogP contribution in [-0.4, -0.2) is 17.6 Å². The van der Waals surface area contributed by atoms with Gasteiger partial charge in [-0.05, 0) is 53.2 Å². The maximum atomic E-state index is 12.1. The van der Waals surface area contributed by atoms with Crippen molar-refractivity contribution < 1.29 is 9.53 Å². The molecule has 3 N–H and O–H groups in total. The molecule has 0 heterocycles. The molecule has 2 atom stereocenters. The molecule has 0 aliphatic heterocycles. The summed E-state index contributed by atoms with van der Waals surface area (Å²) >= 11 is 0. The number of nitrogens with one attached hydrogen (secondary N) is 1. The number of nitrogens with two attached hydrogens (primary N) is 1. The van der Waals surface area contributed by atoms with E-state index in [9.17, 15) is 4.79 Å². The van der Waals surface area contributed by atoms with Crippen molar-refractivity contribution in [2.75, 3.05) is 0 Å². The van der Waals surface area contributed by atoms with Crippen LogP contribution in [-0.2, 0) is 4.79 Å². The van der Waals surface area contributed by atoms with E-state index < -0.39 is 6.10 Å². The van der Waals surface area contributed by atoms with E-state index in [-0.39, 0.29) is 17.5 Å². The Morgan fingerprint density at radius 2 is 1.90 bits per heavy atom. The first-order valence-electron chi connectivity index (χ1n) is 6.95. The number of rotatable bonds is 4. The van der Waals surface area contributed by atoms with Gasteiger partial charge in [0.25, 0.3) is 5.91 Å². The van der Waals surface area contributed by atoms with Gasteiger partial charge in [-0.1, -0.05) is 12.1 Å². The Balaban J connectivity index is 2.87. The number of aryl methyl sites for hydroxylation is 1. The number of benzene rings is 1. The minimum atomic E-state index is -0.562. The van der Waals surface area contributed by atoms with Crippen LogP contribution in [0.1, 0.15) is 51.8 Å². The van der Waals surface area contributed by atoms with E-state index in [1.807, 2.05) is 52.8 Å². The van der Waals surface area contributed by atoms with Crippen LogP contribution in [0.15, 0.2) is 18.2 Å². The smallest absolute Gasteiger partial charge is 0.261 e. The summed E-state index contributed by atoms with van der Waals surface area (Å²) in [7, 11) is 0. The van der Waals surface area contributed by atoms with Crippen molar-refractivity contribution in [1.29, 1.82) is 0 Å². The predicted molar refractivity (Wildman–Crippen MR) is 81.8 cm³/mol. The van der Waals surface area contributed by atoms with Gasteiger partial charge in [0.15, 0.2) is 6.10 Å². The summed E-state index contributed by atoms with van der Waals surface area (Å²) < 4.78 is 5.80. The maximum Gasteiger partial charge on any atom is 0.261 e. The largest absolute Gasteiger partial charge is 0.481 e. The molecule has 0 fully saturated rings. The Morgan fingerprint density at radius 3 is 2.40 bits per heavy atom. The Hall–Kier alpha value is -1.55. The fourth-order valence-corrected chi connectivity index (χ4v) is 1.84. The summed E-state index contributed by atoms with van der Waals surface area (Å²) in [6, 6.07) is 5.72. The molecule has 1 aromatic rings. The lowest BCUT2D eigenvalue weighted by Crippen LogP contribution is -2.46. The third kappa shape index (κ3) is 4.85. The summed E-state index contributed by atoms with van der Waals surface area (Å²) in [5, 5.41) is 2.91. The lowest BCUT2D eigenvalue weighted by molar-refractivity contribution is -0.128. The molecule has 1 unspecified atom stereocenters. The predicted octanol–water partition coefficient (Wildman–Crippen LogP) is 2.70. The molecule has 0 aliphatic carbocycles. The van der Waals surface area contributed by atoms with Gasteiger partial charge >= 0.3 is 0 Å². The third-order valence-electron chi connectivity index (χ3n) is 2.83. The number of carbonyl (C=O) groups is 1. The second kappa shape index (κ2) is 6.27. The normalized spacial score (nSPS) is 14.6. The quantitative estimate of drug-likeness (QED) is 0.890. The molecule has 1 rings (SSSR count). The zero-order valence-electron chi connectivity index (χ0n) is 13.3. The van der Waals surface area contributed by atoms with Crippen LogP contribution in [0, 0.1) is 6.92 Å². The van der Waals surface area contributed by atoms with Crippen molar-refractivity contribution >= 4 is 5.91 Å². The van der Waals surface area contributed by atoms with E-state index in [1.54, 1.807) is 6.92 Å². The number of amides is 1. The summed E-state index contributed by atoms with van der Waals surface area (Å²) in [5.74, 6) is 0.547. The van der Waals surface area contributed by atoms with Crippen LogP contribution in [0.5, 0.6) is 5.75 Å². The molecular weight excluding hydrogens is 252 g/mol. The molecular formula is C16H26N2O2. The van der Waals surface area contributed by atoms with Crippen LogP contribution in [0.25, 0.3) is 0 Å². The van der Waals surface area contributed by atoms with Crippen LogP contribution in [0.3, 0.4) is 0 Å². The monoisotopic (exact) mass is 278 g/mol. The van der Waals surface area contributed by atoms with Crippen molar-refractivity contribution in [3.05, 3.63) is 29.3 Å². The highest BCUT2D eigenvalue weighted by Crippen LogP contribution is 2.26. The van der Waals surface area contributed by atoms with Gasteiger partial charge in [0.2, 0.25) is 0 Å². The SMILES string of the molecule is Cc1ccc([C@@H](C)N)c(OC(C)C(=O)NC(C)(C)C)c1. The van der Waals surface area contributed by atoms with Crippen LogP contribution < -0.4 is 15.8 Å². The first-order valence-corrected chi connectivity index (χ1v) is 6.95. The van der Waals surface area contributed by atoms with Gasteiger partial charge in [0.1, 0.15) is 5.75 Å². The van der Waals surface area contributed by atoms with E-state index in [0.717, 1.165) is 11.1 Å². The zero-order valence-corrected chi connectivity index (χ0v) is 13.3. The molecule has 0 aromatic heterocycles. The summed E-state index contributed by atoms with van der Waals surface area (Å²) in [6.07, 6.45) is -0.562. The van der Waals surface area contributed by atoms with Crippen molar-refractivity contribution in [3.63, 3.8) is 0 Å². The van der Waals surface area contributed by atoms with Crippen molar-refractivity contribution in [3.8, 4) is 5.75 Å². The average molecular weight is 278 g/mol. The Morgan fingerprint density at radius 1 is 1.30 bits per heavy atom. The minimum Gasteiger partial charge on any atom is -0.481 e. The summed E-state index contributed by atoms with van der Waals surface area (Å²) in [4.78, 5) is 12.1. The number of hydrogen-bond acceptors (Lipinski definition) is 3. The molecule has 0 saturated heterocycles. The Kier molecular flexibility index (Phi) is 5.17. The number of ether oxygens (including phenoxy) is 1. The molecule has 0 saturated carbocycles. The maximum absolute atomic E-state index is 12.1. The van der Waals surface area contributed by atoms with E-state index >= 15 is 0 Å². The van der Waals surface area contributed by atoms with Crippen LogP contribution >= 0.6 is 0 Å². The molecule has 0 radical (unpaired) electrons. The number of carbonyl (C=O) groups excluding carboxylic acids is 1. The Labute approximate surface area is 121 Å². The molecule has 0 spiro atoms. The van der Waals surface area contributed by atoms with Gasteiger partial charge in [-0.15, -0.1) is 0 Å². The molecule has 1 aromatic carbocycles. The van der Waals surface area contributed by atoms with Gasteiger partial charge in [0.05, 0.1) is 0 Å². The average Bonchev–Trinajstić information content (AvgIpc) is 2.26. The van der Waals surface area contributed by atoms with E-state index in [4.69, 9.17) is 10.5 Å². The van der Waals surface area contributed by atoms with Crippen molar-refractivity contribution in [2.24, 2.45) is 5.73 Å². The topological polar surface area (TPSA) is 64.3 Å². The highest BCUT2D eigenvalue weighted by atomic mass is 16.5. The Bertz CT molecular complexity index is 476. The molecule has 0 aliphatic rings. The fourth-order valence-electron chi connectivity index (χ4n) is 1.84. The molecule has 4 nitrogen and oxygen atoms in total. The van der Waals surface area contributed by atoms with Crippen LogP contribution in [0.4, 0.5) is 0 Å². The summed E-state index contributed by atoms with van der Waals surface area (Å²) in [6.45, 7) is 11.5. The fraction of sp³-hybridized carbons (Fsp3) is 0.562. The molecule has 4 heteroatoms. The highest BCUT2D eigenvalue weighted by molar-refractivity contribution is 5.81. The molecule has 0 bridgehead atoms. The summed E-state index contributed by atoms with van der Waals surface area (Å²) in [5.41, 5.74) is 7.65. The number of hydrogen-bond donors (Lipinski definition) is 2. The van der Waals surface area contributed by atoms with Crippen LogP contribution in [0.2, 0.25) is 0 Å². The molecule has 20 heavy (non-hydrogen) atoms. The lowest BCUT2D eigenvalue weighted by Gasteiger charge is -2.24. The van der Waals surface area contributed by atoms with Crippen molar-refractivity contribution in [1.82, 2.24) is 5.32 Å². The lowest BCUT2D eigenvalue weighted by atomic mass is 10.1. The van der Waals surface area contributed by atoms with Gasteiger partial charge in [0, 0.05) is 17.1 Å². The standard InChI is InChI=1S/C16H26N2O2/c1-10-7-8-13(11(2)17)14(9-10)20-12(3)15(19)18-16(4,5)6/h7-9,11-12H,17H2,1-6H3,(H,18,19)/t11-,12?/m1/s1. The minimum absolute atomic E-state index is 0.130. The molecule has 112 valence electrons. The van der Waals surface area contributed by atoms with Gasteiger partial charge < -0.3 is 15.8 Å². The highest BCUT2D eigenvalue weighted by Gasteiger charge is 2.21. The van der Waals surface area contributed by atoms with Gasteiger partial charge in [-0.3, -0.25) is 4.79 Å². The van der Waals surface area contributed by atoms with Crippen molar-refractivity contribution in [2.45, 2.75) is 59.2 Å². The second-order valence-corrected chi connectivity index (χ2v) is 6.33. The second-order valence-electron chi connectivity index (χ2n) is 6.33. The first-order chi connectivity index (χ1) is 9.10.